The van der Waals surface area contributed by atoms with E-state index in [4.69, 9.17) is 0 Å². The molecule has 0 radical (unpaired) electrons. The van der Waals surface area contributed by atoms with Crippen molar-refractivity contribution in [2.45, 2.75) is 59.3 Å². The van der Waals surface area contributed by atoms with E-state index < -0.39 is 0 Å². The van der Waals surface area contributed by atoms with E-state index in [-0.39, 0.29) is 0 Å². The SMILES string of the molecule is CCCCN(CCCC)CCCC.[Cl][Pt]. The summed E-state index contributed by atoms with van der Waals surface area (Å²) in [6.07, 6.45) is 8.09. The molecule has 0 aliphatic carbocycles. The molecule has 0 bridgehead atoms. The second-order valence-electron chi connectivity index (χ2n) is 3.90. The average Bonchev–Trinajstić information content (AvgIpc) is 2.31. The topological polar surface area (TPSA) is 3.24 Å². The van der Waals surface area contributed by atoms with Crippen LogP contribution in [-0.4, -0.2) is 24.5 Å². The molecule has 0 unspecified atom stereocenters. The zero-order chi connectivity index (χ0) is 11.9. The van der Waals surface area contributed by atoms with Crippen molar-refractivity contribution >= 4 is 9.42 Å². The molecule has 1 nitrogen and oxygen atoms in total. The Morgan fingerprint density at radius 2 is 1.00 bits per heavy atom. The maximum atomic E-state index is 4.61. The molecule has 0 saturated heterocycles. The van der Waals surface area contributed by atoms with Crippen molar-refractivity contribution in [3.8, 4) is 0 Å². The van der Waals surface area contributed by atoms with Gasteiger partial charge in [-0.15, -0.1) is 0 Å². The van der Waals surface area contributed by atoms with Crippen molar-refractivity contribution in [2.75, 3.05) is 19.6 Å². The van der Waals surface area contributed by atoms with Crippen molar-refractivity contribution in [1.82, 2.24) is 4.90 Å². The molecule has 0 fully saturated rings. The van der Waals surface area contributed by atoms with Crippen LogP contribution >= 0.6 is 9.42 Å². The standard InChI is InChI=1S/C12H27N.ClH.Pt/c1-4-7-10-13(11-8-5-2)12-9-6-3;;/h4-12H2,1-3H3;1H;/q;;+1/p-1. The Kier molecular flexibility index (Phi) is 21.2. The maximum absolute atomic E-state index is 4.61. The van der Waals surface area contributed by atoms with Crippen LogP contribution in [0, 0.1) is 0 Å². The molecule has 0 aromatic heterocycles. The van der Waals surface area contributed by atoms with Crippen LogP contribution < -0.4 is 0 Å². The number of unbranched alkanes of at least 4 members (excludes halogenated alkanes) is 3. The quantitative estimate of drug-likeness (QED) is 0.540. The Morgan fingerprint density at radius 1 is 0.733 bits per heavy atom. The Bertz CT molecular complexity index is 82.6. The van der Waals surface area contributed by atoms with Crippen molar-refractivity contribution in [3.05, 3.63) is 0 Å². The summed E-state index contributed by atoms with van der Waals surface area (Å²) in [5.41, 5.74) is 0. The third kappa shape index (κ3) is 14.9. The van der Waals surface area contributed by atoms with Crippen LogP contribution in [0.1, 0.15) is 59.3 Å². The molecule has 0 spiro atoms. The molecule has 15 heavy (non-hydrogen) atoms. The molecule has 0 aliphatic rings. The fourth-order valence-corrected chi connectivity index (χ4v) is 1.48. The number of halogens is 1. The van der Waals surface area contributed by atoms with Crippen LogP contribution in [-0.2, 0) is 18.8 Å². The first-order valence-corrected chi connectivity index (χ1v) is 9.01. The summed E-state index contributed by atoms with van der Waals surface area (Å²) in [5.74, 6) is 0. The van der Waals surface area contributed by atoms with Gasteiger partial charge in [-0.3, -0.25) is 0 Å². The van der Waals surface area contributed by atoms with Crippen LogP contribution in [0.25, 0.3) is 0 Å². The van der Waals surface area contributed by atoms with Gasteiger partial charge in [-0.2, -0.15) is 0 Å². The third-order valence-electron chi connectivity index (χ3n) is 2.48. The predicted molar refractivity (Wildman–Crippen MR) is 67.0 cm³/mol. The van der Waals surface area contributed by atoms with Gasteiger partial charge in [0.2, 0.25) is 0 Å². The summed E-state index contributed by atoms with van der Waals surface area (Å²) in [7, 11) is 4.61. The van der Waals surface area contributed by atoms with Crippen molar-refractivity contribution in [2.24, 2.45) is 0 Å². The monoisotopic (exact) mass is 415 g/mol. The normalized spacial score (nSPS) is 10.1. The second-order valence-corrected chi connectivity index (χ2v) is 3.90. The minimum atomic E-state index is 1.32. The molecular formula is C12H27ClNPt. The molecule has 0 aromatic carbocycles. The van der Waals surface area contributed by atoms with Gasteiger partial charge in [0.1, 0.15) is 0 Å². The zero-order valence-corrected chi connectivity index (χ0v) is 13.5. The van der Waals surface area contributed by atoms with E-state index in [1.807, 2.05) is 0 Å². The van der Waals surface area contributed by atoms with Crippen LogP contribution in [0.2, 0.25) is 0 Å². The average molecular weight is 416 g/mol. The molecule has 0 amide bonds. The van der Waals surface area contributed by atoms with Gasteiger partial charge < -0.3 is 4.90 Å². The molecule has 3 heteroatoms. The van der Waals surface area contributed by atoms with Gasteiger partial charge in [0.15, 0.2) is 0 Å². The summed E-state index contributed by atoms with van der Waals surface area (Å²) in [6.45, 7) is 10.8. The molecule has 0 atom stereocenters. The van der Waals surface area contributed by atoms with Gasteiger partial charge in [-0.05, 0) is 38.9 Å². The molecular weight excluding hydrogens is 389 g/mol. The van der Waals surface area contributed by atoms with Gasteiger partial charge in [-0.25, -0.2) is 0 Å². The first-order valence-electron chi connectivity index (χ1n) is 6.19. The van der Waals surface area contributed by atoms with Crippen LogP contribution in [0.3, 0.4) is 0 Å². The molecule has 0 heterocycles. The Hall–Kier alpha value is 0.938. The van der Waals surface area contributed by atoms with E-state index in [0.29, 0.717) is 0 Å². The van der Waals surface area contributed by atoms with E-state index >= 15 is 0 Å². The number of nitrogens with zero attached hydrogens (tertiary/aromatic N) is 1. The van der Waals surface area contributed by atoms with Gasteiger partial charge in [0.25, 0.3) is 0 Å². The fraction of sp³-hybridized carbons (Fsp3) is 1.00. The van der Waals surface area contributed by atoms with Crippen LogP contribution in [0.5, 0.6) is 0 Å². The molecule has 0 N–H and O–H groups in total. The summed E-state index contributed by atoms with van der Waals surface area (Å²) in [5, 5.41) is 0. The fourth-order valence-electron chi connectivity index (χ4n) is 1.48. The predicted octanol–water partition coefficient (Wildman–Crippen LogP) is 4.38. The molecule has 0 aromatic rings. The van der Waals surface area contributed by atoms with E-state index in [0.717, 1.165) is 0 Å². The second kappa shape index (κ2) is 17.3. The summed E-state index contributed by atoms with van der Waals surface area (Å²) < 4.78 is 0. The molecule has 0 aliphatic heterocycles. The summed E-state index contributed by atoms with van der Waals surface area (Å²) in [6, 6.07) is 0. The van der Waals surface area contributed by atoms with E-state index in [1.54, 1.807) is 18.8 Å². The van der Waals surface area contributed by atoms with Crippen LogP contribution in [0.4, 0.5) is 0 Å². The number of rotatable bonds is 9. The zero-order valence-electron chi connectivity index (χ0n) is 10.5. The first kappa shape index (κ1) is 18.3. The summed E-state index contributed by atoms with van der Waals surface area (Å²) >= 11 is 1.61. The third-order valence-corrected chi connectivity index (χ3v) is 2.48. The van der Waals surface area contributed by atoms with Crippen LogP contribution in [0.15, 0.2) is 0 Å². The van der Waals surface area contributed by atoms with Gasteiger partial charge in [-0.1, -0.05) is 40.0 Å². The molecule has 0 rings (SSSR count). The Balaban J connectivity index is 0. The minimum absolute atomic E-state index is 1.32. The van der Waals surface area contributed by atoms with Gasteiger partial charge >= 0.3 is 28.2 Å². The first-order chi connectivity index (χ1) is 7.35. The van der Waals surface area contributed by atoms with Gasteiger partial charge in [0, 0.05) is 0 Å². The van der Waals surface area contributed by atoms with E-state index in [1.165, 1.54) is 58.2 Å². The number of hydrogen-bond acceptors (Lipinski definition) is 1. The van der Waals surface area contributed by atoms with Crippen molar-refractivity contribution in [1.29, 1.82) is 0 Å². The van der Waals surface area contributed by atoms with E-state index in [9.17, 15) is 0 Å². The van der Waals surface area contributed by atoms with Crippen molar-refractivity contribution < 1.29 is 18.8 Å². The van der Waals surface area contributed by atoms with Gasteiger partial charge in [0.05, 0.1) is 0 Å². The van der Waals surface area contributed by atoms with E-state index in [2.05, 4.69) is 35.1 Å². The Labute approximate surface area is 112 Å². The number of hydrogen-bond donors (Lipinski definition) is 0. The van der Waals surface area contributed by atoms with Crippen molar-refractivity contribution in [3.63, 3.8) is 0 Å². The molecule has 0 saturated carbocycles. The Morgan fingerprint density at radius 3 is 1.20 bits per heavy atom. The summed E-state index contributed by atoms with van der Waals surface area (Å²) in [4.78, 5) is 2.64. The molecule has 97 valence electrons.